The number of carbonyl (C=O) groups is 1. The number of thiophene rings is 1. The normalized spacial score (nSPS) is 13.8. The second-order valence-electron chi connectivity index (χ2n) is 6.38. The highest BCUT2D eigenvalue weighted by molar-refractivity contribution is 7.18. The fourth-order valence-corrected chi connectivity index (χ4v) is 4.46. The second-order valence-corrected chi connectivity index (χ2v) is 7.47. The van der Waals surface area contributed by atoms with E-state index in [0.717, 1.165) is 36.1 Å². The van der Waals surface area contributed by atoms with Crippen LogP contribution in [0.5, 0.6) is 0 Å². The van der Waals surface area contributed by atoms with Crippen LogP contribution in [-0.2, 0) is 24.2 Å². The van der Waals surface area contributed by atoms with E-state index in [4.69, 9.17) is 0 Å². The summed E-state index contributed by atoms with van der Waals surface area (Å²) < 4.78 is 14.8. The van der Waals surface area contributed by atoms with Crippen molar-refractivity contribution < 1.29 is 9.18 Å². The van der Waals surface area contributed by atoms with Gasteiger partial charge in [0.15, 0.2) is 0 Å². The first-order chi connectivity index (χ1) is 13.1. The van der Waals surface area contributed by atoms with Crippen LogP contribution in [0.15, 0.2) is 40.5 Å². The molecule has 8 heteroatoms. The maximum absolute atomic E-state index is 13.5. The highest BCUT2D eigenvalue weighted by Gasteiger charge is 2.20. The van der Waals surface area contributed by atoms with Gasteiger partial charge in [0, 0.05) is 10.4 Å². The molecule has 0 radical (unpaired) electrons. The van der Waals surface area contributed by atoms with Gasteiger partial charge < -0.3 is 0 Å². The Morgan fingerprint density at radius 2 is 2.15 bits per heavy atom. The van der Waals surface area contributed by atoms with Gasteiger partial charge in [0.05, 0.1) is 17.9 Å². The van der Waals surface area contributed by atoms with E-state index in [1.54, 1.807) is 29.5 Å². The van der Waals surface area contributed by atoms with Gasteiger partial charge in [-0.25, -0.2) is 14.8 Å². The Labute approximate surface area is 158 Å². The maximum Gasteiger partial charge on any atom is 0.262 e. The molecule has 6 nitrogen and oxygen atoms in total. The number of halogens is 1. The van der Waals surface area contributed by atoms with E-state index in [9.17, 15) is 14.0 Å². The highest BCUT2D eigenvalue weighted by atomic mass is 32.1. The number of nitrogens with zero attached hydrogens (tertiary/aromatic N) is 3. The highest BCUT2D eigenvalue weighted by Crippen LogP contribution is 2.33. The number of aromatic nitrogens is 2. The summed E-state index contributed by atoms with van der Waals surface area (Å²) in [5, 5.41) is 4.39. The number of rotatable bonds is 4. The standard InChI is InChI=1S/C19H17FN4O2S/c20-14-7-3-1-5-12(14)9-22-23-16(25)10-24-11-21-18-17(19(24)26)13-6-2-4-8-15(13)27-18/h1,3,5,7,9,11H,2,4,6,8,10H2,(H,23,25)/b22-9-. The van der Waals surface area contributed by atoms with Crippen molar-refractivity contribution >= 4 is 33.7 Å². The van der Waals surface area contributed by atoms with Gasteiger partial charge in [0.1, 0.15) is 17.2 Å². The topological polar surface area (TPSA) is 76.3 Å². The summed E-state index contributed by atoms with van der Waals surface area (Å²) in [7, 11) is 0. The Bertz CT molecular complexity index is 1100. The Morgan fingerprint density at radius 1 is 1.33 bits per heavy atom. The number of nitrogens with one attached hydrogen (secondary N) is 1. The molecule has 0 unspecified atom stereocenters. The predicted octanol–water partition coefficient (Wildman–Crippen LogP) is 2.63. The third-order valence-corrected chi connectivity index (χ3v) is 5.75. The molecule has 138 valence electrons. The molecule has 2 aromatic heterocycles. The first kappa shape index (κ1) is 17.5. The zero-order valence-corrected chi connectivity index (χ0v) is 15.3. The molecular weight excluding hydrogens is 367 g/mol. The molecule has 0 bridgehead atoms. The van der Waals surface area contributed by atoms with Crippen molar-refractivity contribution in [2.75, 3.05) is 0 Å². The van der Waals surface area contributed by atoms with E-state index in [0.29, 0.717) is 5.39 Å². The molecule has 3 aromatic rings. The quantitative estimate of drug-likeness (QED) is 0.555. The lowest BCUT2D eigenvalue weighted by Gasteiger charge is -2.10. The van der Waals surface area contributed by atoms with E-state index in [-0.39, 0.29) is 17.7 Å². The molecule has 0 fully saturated rings. The molecular formula is C19H17FN4O2S. The van der Waals surface area contributed by atoms with Gasteiger partial charge in [0.25, 0.3) is 11.5 Å². The average molecular weight is 384 g/mol. The number of benzene rings is 1. The summed E-state index contributed by atoms with van der Waals surface area (Å²) in [6, 6.07) is 6.11. The van der Waals surface area contributed by atoms with Crippen LogP contribution in [-0.4, -0.2) is 21.7 Å². The predicted molar refractivity (Wildman–Crippen MR) is 103 cm³/mol. The van der Waals surface area contributed by atoms with Gasteiger partial charge in [0.2, 0.25) is 0 Å². The van der Waals surface area contributed by atoms with Crippen LogP contribution in [0.2, 0.25) is 0 Å². The molecule has 0 aliphatic heterocycles. The third kappa shape index (κ3) is 3.52. The number of fused-ring (bicyclic) bond motifs is 3. The van der Waals surface area contributed by atoms with Crippen LogP contribution in [0.1, 0.15) is 28.8 Å². The van der Waals surface area contributed by atoms with Crippen molar-refractivity contribution in [1.29, 1.82) is 0 Å². The first-order valence-corrected chi connectivity index (χ1v) is 9.51. The molecule has 1 amide bonds. The van der Waals surface area contributed by atoms with Crippen molar-refractivity contribution in [1.82, 2.24) is 15.0 Å². The Balaban J connectivity index is 1.51. The summed E-state index contributed by atoms with van der Waals surface area (Å²) in [6.07, 6.45) is 6.70. The zero-order valence-electron chi connectivity index (χ0n) is 14.4. The number of carbonyl (C=O) groups excluding carboxylic acids is 1. The van der Waals surface area contributed by atoms with Crippen LogP contribution in [0.25, 0.3) is 10.2 Å². The van der Waals surface area contributed by atoms with Crippen molar-refractivity contribution in [3.8, 4) is 0 Å². The van der Waals surface area contributed by atoms with Crippen molar-refractivity contribution in [3.05, 3.63) is 62.8 Å². The largest absolute Gasteiger partial charge is 0.289 e. The van der Waals surface area contributed by atoms with E-state index in [1.165, 1.54) is 28.1 Å². The van der Waals surface area contributed by atoms with Crippen LogP contribution >= 0.6 is 11.3 Å². The summed E-state index contributed by atoms with van der Waals surface area (Å²) in [4.78, 5) is 31.2. The molecule has 0 atom stereocenters. The van der Waals surface area contributed by atoms with Gasteiger partial charge in [-0.15, -0.1) is 11.3 Å². The van der Waals surface area contributed by atoms with E-state index >= 15 is 0 Å². The first-order valence-electron chi connectivity index (χ1n) is 8.69. The van der Waals surface area contributed by atoms with Gasteiger partial charge in [-0.05, 0) is 37.3 Å². The van der Waals surface area contributed by atoms with Crippen molar-refractivity contribution in [2.45, 2.75) is 32.2 Å². The van der Waals surface area contributed by atoms with Crippen LogP contribution in [0, 0.1) is 5.82 Å². The minimum Gasteiger partial charge on any atom is -0.289 e. The monoisotopic (exact) mass is 384 g/mol. The summed E-state index contributed by atoms with van der Waals surface area (Å²) in [5.74, 6) is -0.904. The average Bonchev–Trinajstić information content (AvgIpc) is 3.05. The SMILES string of the molecule is O=C(Cn1cnc2sc3c(c2c1=O)CCCC3)N/N=C\c1ccccc1F. The van der Waals surface area contributed by atoms with Gasteiger partial charge in [-0.3, -0.25) is 14.2 Å². The van der Waals surface area contributed by atoms with E-state index < -0.39 is 11.7 Å². The van der Waals surface area contributed by atoms with Crippen LogP contribution in [0.3, 0.4) is 0 Å². The van der Waals surface area contributed by atoms with Crippen molar-refractivity contribution in [3.63, 3.8) is 0 Å². The van der Waals surface area contributed by atoms with Gasteiger partial charge >= 0.3 is 0 Å². The number of hydrazone groups is 1. The molecule has 0 saturated heterocycles. The Kier molecular flexibility index (Phi) is 4.81. The van der Waals surface area contributed by atoms with E-state index in [1.807, 2.05) is 0 Å². The molecule has 2 heterocycles. The fourth-order valence-electron chi connectivity index (χ4n) is 3.24. The lowest BCUT2D eigenvalue weighted by molar-refractivity contribution is -0.121. The lowest BCUT2D eigenvalue weighted by atomic mass is 9.97. The van der Waals surface area contributed by atoms with Gasteiger partial charge in [-0.2, -0.15) is 5.10 Å². The Morgan fingerprint density at radius 3 is 3.00 bits per heavy atom. The van der Waals surface area contributed by atoms with Gasteiger partial charge in [-0.1, -0.05) is 18.2 Å². The molecule has 1 aliphatic carbocycles. The smallest absolute Gasteiger partial charge is 0.262 e. The molecule has 0 saturated carbocycles. The molecule has 1 aromatic carbocycles. The second kappa shape index (κ2) is 7.40. The minimum absolute atomic E-state index is 0.193. The number of hydrogen-bond donors (Lipinski definition) is 1. The summed E-state index contributed by atoms with van der Waals surface area (Å²) in [5.41, 5.74) is 3.47. The van der Waals surface area contributed by atoms with Crippen LogP contribution in [0.4, 0.5) is 4.39 Å². The number of aryl methyl sites for hydroxylation is 2. The van der Waals surface area contributed by atoms with E-state index in [2.05, 4.69) is 15.5 Å². The zero-order chi connectivity index (χ0) is 18.8. The molecule has 27 heavy (non-hydrogen) atoms. The summed E-state index contributed by atoms with van der Waals surface area (Å²) in [6.45, 7) is -0.193. The summed E-state index contributed by atoms with van der Waals surface area (Å²) >= 11 is 1.57. The Hall–Kier alpha value is -2.87. The molecule has 1 aliphatic rings. The number of hydrogen-bond acceptors (Lipinski definition) is 5. The van der Waals surface area contributed by atoms with Crippen LogP contribution < -0.4 is 11.0 Å². The lowest BCUT2D eigenvalue weighted by Crippen LogP contribution is -2.30. The third-order valence-electron chi connectivity index (χ3n) is 4.55. The number of amides is 1. The maximum atomic E-state index is 13.5. The minimum atomic E-state index is -0.477. The molecule has 1 N–H and O–H groups in total. The fraction of sp³-hybridized carbons (Fsp3) is 0.263. The molecule has 4 rings (SSSR count). The molecule has 0 spiro atoms. The van der Waals surface area contributed by atoms with Crippen molar-refractivity contribution in [2.24, 2.45) is 5.10 Å².